The van der Waals surface area contributed by atoms with Crippen molar-refractivity contribution in [3.8, 4) is 17.6 Å². The van der Waals surface area contributed by atoms with Crippen molar-refractivity contribution in [3.63, 3.8) is 0 Å². The number of amides is 2. The fourth-order valence-corrected chi connectivity index (χ4v) is 3.66. The van der Waals surface area contributed by atoms with E-state index in [1.54, 1.807) is 19.1 Å². The molecule has 1 aliphatic rings. The van der Waals surface area contributed by atoms with E-state index in [-0.39, 0.29) is 37.1 Å². The van der Waals surface area contributed by atoms with E-state index in [4.69, 9.17) is 14.7 Å². The molecule has 0 unspecified atom stereocenters. The first-order valence-electron chi connectivity index (χ1n) is 10.8. The van der Waals surface area contributed by atoms with Crippen molar-refractivity contribution in [1.82, 2.24) is 4.90 Å². The summed E-state index contributed by atoms with van der Waals surface area (Å²) in [4.78, 5) is 29.4. The molecule has 1 saturated carbocycles. The average Bonchev–Trinajstić information content (AvgIpc) is 3.67. The summed E-state index contributed by atoms with van der Waals surface area (Å²) in [5, 5.41) is 8.96. The van der Waals surface area contributed by atoms with Gasteiger partial charge < -0.3 is 19.3 Å². The summed E-state index contributed by atoms with van der Waals surface area (Å²) < 4.78 is 10.8. The molecule has 2 aromatic rings. The number of anilines is 1. The topological polar surface area (TPSA) is 82.9 Å². The second kappa shape index (κ2) is 11.2. The summed E-state index contributed by atoms with van der Waals surface area (Å²) in [5.41, 5.74) is 1.61. The van der Waals surface area contributed by atoms with Gasteiger partial charge in [0.25, 0.3) is 0 Å². The highest BCUT2D eigenvalue weighted by atomic mass is 16.5. The lowest BCUT2D eigenvalue weighted by molar-refractivity contribution is -0.134. The van der Waals surface area contributed by atoms with Gasteiger partial charge in [-0.05, 0) is 43.2 Å². The number of para-hydroxylation sites is 1. The van der Waals surface area contributed by atoms with E-state index in [1.165, 1.54) is 0 Å². The monoisotopic (exact) mass is 435 g/mol. The van der Waals surface area contributed by atoms with Gasteiger partial charge in [-0.3, -0.25) is 9.59 Å². The molecule has 2 amide bonds. The Morgan fingerprint density at radius 3 is 2.38 bits per heavy atom. The van der Waals surface area contributed by atoms with Crippen molar-refractivity contribution >= 4 is 17.5 Å². The number of carbonyl (C=O) groups excluding carboxylic acids is 2. The minimum atomic E-state index is -0.158. The fourth-order valence-electron chi connectivity index (χ4n) is 3.66. The predicted molar refractivity (Wildman–Crippen MR) is 121 cm³/mol. The van der Waals surface area contributed by atoms with Gasteiger partial charge in [0.1, 0.15) is 11.5 Å². The average molecular weight is 436 g/mol. The maximum Gasteiger partial charge on any atom is 0.227 e. The van der Waals surface area contributed by atoms with Crippen LogP contribution in [0.1, 0.15) is 37.7 Å². The van der Waals surface area contributed by atoms with Gasteiger partial charge in [-0.15, -0.1) is 0 Å². The van der Waals surface area contributed by atoms with Crippen LogP contribution >= 0.6 is 0 Å². The Morgan fingerprint density at radius 2 is 1.75 bits per heavy atom. The lowest BCUT2D eigenvalue weighted by atomic mass is 10.1. The lowest BCUT2D eigenvalue weighted by Gasteiger charge is -2.25. The Morgan fingerprint density at radius 1 is 1.03 bits per heavy atom. The third-order valence-corrected chi connectivity index (χ3v) is 5.51. The molecule has 0 aromatic heterocycles. The van der Waals surface area contributed by atoms with E-state index in [9.17, 15) is 9.59 Å². The van der Waals surface area contributed by atoms with Crippen molar-refractivity contribution in [2.24, 2.45) is 0 Å². The van der Waals surface area contributed by atoms with Crippen molar-refractivity contribution in [2.75, 3.05) is 25.7 Å². The summed E-state index contributed by atoms with van der Waals surface area (Å²) in [6, 6.07) is 17.1. The zero-order valence-corrected chi connectivity index (χ0v) is 18.6. The number of hydrogen-bond acceptors (Lipinski definition) is 5. The highest BCUT2D eigenvalue weighted by Crippen LogP contribution is 2.32. The molecule has 0 radical (unpaired) electrons. The van der Waals surface area contributed by atoms with Gasteiger partial charge in [0, 0.05) is 43.2 Å². The van der Waals surface area contributed by atoms with Crippen LogP contribution in [0.4, 0.5) is 5.69 Å². The number of carbonyl (C=O) groups is 2. The number of methoxy groups -OCH3 is 2. The Bertz CT molecular complexity index is 967. The molecular weight excluding hydrogens is 406 g/mol. The molecule has 1 aliphatic carbocycles. The van der Waals surface area contributed by atoms with Crippen LogP contribution in [-0.2, 0) is 16.1 Å². The Labute approximate surface area is 189 Å². The molecular formula is C25H29N3O4. The number of ether oxygens (including phenoxy) is 2. The third kappa shape index (κ3) is 6.01. The highest BCUT2D eigenvalue weighted by molar-refractivity contribution is 5.95. The van der Waals surface area contributed by atoms with E-state index in [0.29, 0.717) is 24.6 Å². The summed E-state index contributed by atoms with van der Waals surface area (Å²) in [6.07, 6.45) is 2.38. The largest absolute Gasteiger partial charge is 0.497 e. The number of nitrogens with zero attached hydrogens (tertiary/aromatic N) is 3. The first-order valence-corrected chi connectivity index (χ1v) is 10.8. The molecule has 1 fully saturated rings. The quantitative estimate of drug-likeness (QED) is 0.534. The molecule has 0 atom stereocenters. The Balaban J connectivity index is 1.67. The van der Waals surface area contributed by atoms with E-state index in [1.807, 2.05) is 53.4 Å². The second-order valence-electron chi connectivity index (χ2n) is 7.72. The maximum absolute atomic E-state index is 13.1. The molecule has 168 valence electrons. The van der Waals surface area contributed by atoms with Crippen molar-refractivity contribution < 1.29 is 19.1 Å². The molecule has 2 aromatic carbocycles. The Kier molecular flexibility index (Phi) is 8.09. The molecule has 32 heavy (non-hydrogen) atoms. The van der Waals surface area contributed by atoms with Gasteiger partial charge in [-0.1, -0.05) is 18.2 Å². The molecule has 0 saturated heterocycles. The van der Waals surface area contributed by atoms with Crippen LogP contribution in [0.15, 0.2) is 48.5 Å². The smallest absolute Gasteiger partial charge is 0.227 e. The van der Waals surface area contributed by atoms with Gasteiger partial charge in [-0.2, -0.15) is 5.26 Å². The number of nitriles is 1. The van der Waals surface area contributed by atoms with Crippen LogP contribution in [0.2, 0.25) is 0 Å². The molecule has 0 heterocycles. The van der Waals surface area contributed by atoms with Crippen LogP contribution in [0.3, 0.4) is 0 Å². The molecule has 3 rings (SSSR count). The first-order chi connectivity index (χ1) is 15.6. The van der Waals surface area contributed by atoms with Gasteiger partial charge in [0.2, 0.25) is 11.8 Å². The van der Waals surface area contributed by atoms with E-state index in [0.717, 1.165) is 24.1 Å². The third-order valence-electron chi connectivity index (χ3n) is 5.51. The molecule has 7 nitrogen and oxygen atoms in total. The predicted octanol–water partition coefficient (Wildman–Crippen LogP) is 3.92. The van der Waals surface area contributed by atoms with Gasteiger partial charge in [0.15, 0.2) is 0 Å². The molecule has 0 bridgehead atoms. The highest BCUT2D eigenvalue weighted by Gasteiger charge is 2.33. The first kappa shape index (κ1) is 23.1. The van der Waals surface area contributed by atoms with Gasteiger partial charge in [0.05, 0.1) is 26.7 Å². The summed E-state index contributed by atoms with van der Waals surface area (Å²) in [5.74, 6) is 1.19. The normalized spacial score (nSPS) is 12.5. The van der Waals surface area contributed by atoms with E-state index < -0.39 is 0 Å². The van der Waals surface area contributed by atoms with Crippen molar-refractivity contribution in [2.45, 2.75) is 44.7 Å². The number of benzene rings is 2. The van der Waals surface area contributed by atoms with Gasteiger partial charge >= 0.3 is 0 Å². The maximum atomic E-state index is 13.1. The SMILES string of the molecule is COc1ccc(OC)c(CN(C(=O)CCC(=O)N(CCC#N)c2ccccc2)C2CC2)c1. The second-order valence-corrected chi connectivity index (χ2v) is 7.72. The lowest BCUT2D eigenvalue weighted by Crippen LogP contribution is -2.35. The minimum Gasteiger partial charge on any atom is -0.497 e. The summed E-state index contributed by atoms with van der Waals surface area (Å²) in [6.45, 7) is 0.718. The molecule has 7 heteroatoms. The van der Waals surface area contributed by atoms with Crippen LogP contribution in [-0.4, -0.2) is 43.5 Å². The standard InChI is InChI=1S/C25H29N3O4/c1-31-22-11-12-23(32-2)19(17-22)18-28(21-9-10-21)25(30)14-13-24(29)27(16-6-15-26)20-7-4-3-5-8-20/h3-5,7-8,11-12,17,21H,6,9-10,13-14,16,18H2,1-2H3. The van der Waals surface area contributed by atoms with Crippen molar-refractivity contribution in [3.05, 3.63) is 54.1 Å². The molecule has 0 spiro atoms. The van der Waals surface area contributed by atoms with Crippen LogP contribution in [0.25, 0.3) is 0 Å². The fraction of sp³-hybridized carbons (Fsp3) is 0.400. The number of hydrogen-bond donors (Lipinski definition) is 0. The van der Waals surface area contributed by atoms with Crippen LogP contribution in [0.5, 0.6) is 11.5 Å². The van der Waals surface area contributed by atoms with E-state index in [2.05, 4.69) is 6.07 Å². The minimum absolute atomic E-state index is 0.0565. The van der Waals surface area contributed by atoms with Gasteiger partial charge in [-0.25, -0.2) is 0 Å². The summed E-state index contributed by atoms with van der Waals surface area (Å²) in [7, 11) is 3.21. The van der Waals surface area contributed by atoms with Crippen molar-refractivity contribution in [1.29, 1.82) is 5.26 Å². The molecule has 0 N–H and O–H groups in total. The number of rotatable bonds is 11. The summed E-state index contributed by atoms with van der Waals surface area (Å²) >= 11 is 0. The van der Waals surface area contributed by atoms with Crippen LogP contribution < -0.4 is 14.4 Å². The van der Waals surface area contributed by atoms with E-state index >= 15 is 0 Å². The molecule has 0 aliphatic heterocycles. The Hall–Kier alpha value is -3.53. The zero-order valence-electron chi connectivity index (χ0n) is 18.6. The van der Waals surface area contributed by atoms with Crippen LogP contribution in [0, 0.1) is 11.3 Å². The zero-order chi connectivity index (χ0) is 22.9.